The van der Waals surface area contributed by atoms with Gasteiger partial charge in [0.05, 0.1) is 14.2 Å². The highest BCUT2D eigenvalue weighted by molar-refractivity contribution is 5.50. The van der Waals surface area contributed by atoms with Crippen LogP contribution in [0.5, 0.6) is 11.5 Å². The van der Waals surface area contributed by atoms with Crippen LogP contribution in [0, 0.1) is 0 Å². The molecule has 2 atom stereocenters. The van der Waals surface area contributed by atoms with Crippen molar-refractivity contribution < 1.29 is 9.47 Å². The van der Waals surface area contributed by atoms with E-state index in [1.54, 1.807) is 14.2 Å². The van der Waals surface area contributed by atoms with Crippen molar-refractivity contribution in [2.75, 3.05) is 14.2 Å². The van der Waals surface area contributed by atoms with E-state index in [9.17, 15) is 0 Å². The van der Waals surface area contributed by atoms with Crippen LogP contribution >= 0.6 is 0 Å². The molecule has 0 saturated carbocycles. The van der Waals surface area contributed by atoms with Crippen molar-refractivity contribution in [1.82, 2.24) is 5.32 Å². The van der Waals surface area contributed by atoms with E-state index in [1.165, 1.54) is 16.7 Å². The molecule has 0 bridgehead atoms. The van der Waals surface area contributed by atoms with Gasteiger partial charge in [-0.2, -0.15) is 0 Å². The van der Waals surface area contributed by atoms with Crippen molar-refractivity contribution in [3.05, 3.63) is 59.2 Å². The molecule has 2 aromatic rings. The van der Waals surface area contributed by atoms with Crippen molar-refractivity contribution >= 4 is 0 Å². The SMILES string of the molecule is COc1cc2c(cc1OC)[C@H](C)N[C@H](c1ccccc1)C2. The lowest BCUT2D eigenvalue weighted by Crippen LogP contribution is -2.31. The molecule has 21 heavy (non-hydrogen) atoms. The molecule has 2 aromatic carbocycles. The lowest BCUT2D eigenvalue weighted by Gasteiger charge is -2.32. The molecule has 1 N–H and O–H groups in total. The van der Waals surface area contributed by atoms with Crippen LogP contribution in [0.1, 0.15) is 35.7 Å². The second-order valence-electron chi connectivity index (χ2n) is 5.46. The fraction of sp³-hybridized carbons (Fsp3) is 0.333. The maximum Gasteiger partial charge on any atom is 0.161 e. The molecule has 3 nitrogen and oxygen atoms in total. The third-order valence-electron chi connectivity index (χ3n) is 4.19. The summed E-state index contributed by atoms with van der Waals surface area (Å²) in [5.41, 5.74) is 3.94. The zero-order valence-electron chi connectivity index (χ0n) is 12.7. The number of methoxy groups -OCH3 is 2. The Kier molecular flexibility index (Phi) is 3.84. The van der Waals surface area contributed by atoms with Crippen molar-refractivity contribution in [2.24, 2.45) is 0 Å². The largest absolute Gasteiger partial charge is 0.493 e. The smallest absolute Gasteiger partial charge is 0.161 e. The fourth-order valence-electron chi connectivity index (χ4n) is 3.09. The quantitative estimate of drug-likeness (QED) is 0.932. The molecular weight excluding hydrogens is 262 g/mol. The van der Waals surface area contributed by atoms with Gasteiger partial charge in [-0.25, -0.2) is 0 Å². The van der Waals surface area contributed by atoms with E-state index in [-0.39, 0.29) is 0 Å². The van der Waals surface area contributed by atoms with Crippen LogP contribution in [0.4, 0.5) is 0 Å². The first kappa shape index (κ1) is 14.0. The first-order valence-corrected chi connectivity index (χ1v) is 7.28. The molecule has 0 spiro atoms. The average molecular weight is 283 g/mol. The van der Waals surface area contributed by atoms with Gasteiger partial charge in [0.2, 0.25) is 0 Å². The van der Waals surface area contributed by atoms with Crippen LogP contribution in [-0.2, 0) is 6.42 Å². The topological polar surface area (TPSA) is 30.5 Å². The van der Waals surface area contributed by atoms with E-state index in [4.69, 9.17) is 9.47 Å². The first-order chi connectivity index (χ1) is 10.2. The molecule has 0 aromatic heterocycles. The highest BCUT2D eigenvalue weighted by Gasteiger charge is 2.26. The third kappa shape index (κ3) is 2.61. The zero-order chi connectivity index (χ0) is 14.8. The second kappa shape index (κ2) is 5.78. The predicted molar refractivity (Wildman–Crippen MR) is 84.0 cm³/mol. The van der Waals surface area contributed by atoms with Gasteiger partial charge >= 0.3 is 0 Å². The number of ether oxygens (including phenoxy) is 2. The number of fused-ring (bicyclic) bond motifs is 1. The van der Waals surface area contributed by atoms with Crippen LogP contribution in [0.25, 0.3) is 0 Å². The van der Waals surface area contributed by atoms with Gasteiger partial charge in [-0.3, -0.25) is 0 Å². The minimum Gasteiger partial charge on any atom is -0.493 e. The summed E-state index contributed by atoms with van der Waals surface area (Å²) in [4.78, 5) is 0. The fourth-order valence-corrected chi connectivity index (χ4v) is 3.09. The Morgan fingerprint density at radius 3 is 2.33 bits per heavy atom. The normalized spacial score (nSPS) is 20.7. The van der Waals surface area contributed by atoms with Gasteiger partial charge in [0.25, 0.3) is 0 Å². The molecule has 3 rings (SSSR count). The molecule has 0 unspecified atom stereocenters. The summed E-state index contributed by atoms with van der Waals surface area (Å²) >= 11 is 0. The summed E-state index contributed by atoms with van der Waals surface area (Å²) in [6.45, 7) is 2.19. The van der Waals surface area contributed by atoms with Crippen LogP contribution in [0.2, 0.25) is 0 Å². The van der Waals surface area contributed by atoms with Gasteiger partial charge in [0.15, 0.2) is 11.5 Å². The maximum absolute atomic E-state index is 5.43. The van der Waals surface area contributed by atoms with E-state index >= 15 is 0 Å². The van der Waals surface area contributed by atoms with Crippen LogP contribution in [0.15, 0.2) is 42.5 Å². The van der Waals surface area contributed by atoms with Gasteiger partial charge in [0, 0.05) is 12.1 Å². The van der Waals surface area contributed by atoms with Crippen molar-refractivity contribution in [2.45, 2.75) is 25.4 Å². The minimum absolute atomic E-state index is 0.291. The van der Waals surface area contributed by atoms with Crippen molar-refractivity contribution in [3.8, 4) is 11.5 Å². The number of nitrogens with one attached hydrogen (secondary N) is 1. The Morgan fingerprint density at radius 2 is 1.67 bits per heavy atom. The van der Waals surface area contributed by atoms with E-state index < -0.39 is 0 Å². The van der Waals surface area contributed by atoms with Crippen LogP contribution < -0.4 is 14.8 Å². The van der Waals surface area contributed by atoms with Crippen LogP contribution in [-0.4, -0.2) is 14.2 Å². The number of rotatable bonds is 3. The number of hydrogen-bond donors (Lipinski definition) is 1. The summed E-state index contributed by atoms with van der Waals surface area (Å²) < 4.78 is 10.8. The summed E-state index contributed by atoms with van der Waals surface area (Å²) in [7, 11) is 3.36. The monoisotopic (exact) mass is 283 g/mol. The molecule has 1 aliphatic heterocycles. The third-order valence-corrected chi connectivity index (χ3v) is 4.19. The molecule has 1 aliphatic rings. The molecule has 0 aliphatic carbocycles. The highest BCUT2D eigenvalue weighted by atomic mass is 16.5. The molecule has 1 heterocycles. The lowest BCUT2D eigenvalue weighted by molar-refractivity contribution is 0.350. The number of benzene rings is 2. The lowest BCUT2D eigenvalue weighted by atomic mass is 9.87. The Hall–Kier alpha value is -2.00. The zero-order valence-corrected chi connectivity index (χ0v) is 12.7. The Bertz CT molecular complexity index is 625. The molecule has 0 amide bonds. The number of hydrogen-bond acceptors (Lipinski definition) is 3. The van der Waals surface area contributed by atoms with E-state index in [1.807, 2.05) is 0 Å². The summed E-state index contributed by atoms with van der Waals surface area (Å²) in [6, 6.07) is 15.4. The van der Waals surface area contributed by atoms with E-state index in [0.29, 0.717) is 12.1 Å². The molecule has 0 radical (unpaired) electrons. The second-order valence-corrected chi connectivity index (χ2v) is 5.46. The Labute approximate surface area is 125 Å². The van der Waals surface area contributed by atoms with Gasteiger partial charge in [-0.15, -0.1) is 0 Å². The van der Waals surface area contributed by atoms with Crippen molar-refractivity contribution in [1.29, 1.82) is 0 Å². The van der Waals surface area contributed by atoms with Gasteiger partial charge < -0.3 is 14.8 Å². The van der Waals surface area contributed by atoms with Crippen LogP contribution in [0.3, 0.4) is 0 Å². The van der Waals surface area contributed by atoms with Gasteiger partial charge in [0.1, 0.15) is 0 Å². The van der Waals surface area contributed by atoms with Gasteiger partial charge in [-0.1, -0.05) is 30.3 Å². The maximum atomic E-state index is 5.43. The predicted octanol–water partition coefficient (Wildman–Crippen LogP) is 3.65. The average Bonchev–Trinajstić information content (AvgIpc) is 2.54. The summed E-state index contributed by atoms with van der Waals surface area (Å²) in [6.07, 6.45) is 0.962. The highest BCUT2D eigenvalue weighted by Crippen LogP contribution is 2.38. The standard InChI is InChI=1S/C18H21NO2/c1-12-15-11-18(21-3)17(20-2)10-14(15)9-16(19-12)13-7-5-4-6-8-13/h4-8,10-12,16,19H,9H2,1-3H3/t12-,16-/m0/s1. The molecule has 110 valence electrons. The minimum atomic E-state index is 0.291. The van der Waals surface area contributed by atoms with Crippen molar-refractivity contribution in [3.63, 3.8) is 0 Å². The van der Waals surface area contributed by atoms with E-state index in [0.717, 1.165) is 17.9 Å². The van der Waals surface area contributed by atoms with Gasteiger partial charge in [-0.05, 0) is 42.2 Å². The molecule has 0 saturated heterocycles. The molecule has 0 fully saturated rings. The Balaban J connectivity index is 1.98. The molecule has 3 heteroatoms. The summed E-state index contributed by atoms with van der Waals surface area (Å²) in [5, 5.41) is 3.68. The first-order valence-electron chi connectivity index (χ1n) is 7.28. The van der Waals surface area contributed by atoms with E-state index in [2.05, 4.69) is 54.7 Å². The molecular formula is C18H21NO2. The Morgan fingerprint density at radius 1 is 1.00 bits per heavy atom. The summed E-state index contributed by atoms with van der Waals surface area (Å²) in [5.74, 6) is 1.60.